The van der Waals surface area contributed by atoms with Crippen LogP contribution in [-0.4, -0.2) is 121 Å². The van der Waals surface area contributed by atoms with E-state index in [4.69, 9.17) is 20.4 Å². The Labute approximate surface area is 140 Å². The van der Waals surface area contributed by atoms with Gasteiger partial charge in [0.1, 0.15) is 6.10 Å². The van der Waals surface area contributed by atoms with Crippen LogP contribution in [0.25, 0.3) is 0 Å². The van der Waals surface area contributed by atoms with Crippen molar-refractivity contribution in [2.45, 2.75) is 12.2 Å². The summed E-state index contributed by atoms with van der Waals surface area (Å²) in [6.07, 6.45) is -2.78. The van der Waals surface area contributed by atoms with Crippen molar-refractivity contribution in [1.82, 2.24) is 0 Å². The number of aliphatic hydroxyl groups excluding tert-OH is 4. The molecule has 1 unspecified atom stereocenters. The van der Waals surface area contributed by atoms with Crippen molar-refractivity contribution in [3.63, 3.8) is 0 Å². The molecule has 0 saturated heterocycles. The van der Waals surface area contributed by atoms with Crippen LogP contribution < -0.4 is 0 Å². The second-order valence-corrected chi connectivity index (χ2v) is 2.31. The Hall–Kier alpha value is 1.25. The van der Waals surface area contributed by atoms with E-state index in [0.717, 1.165) is 0 Å². The van der Waals surface area contributed by atoms with Gasteiger partial charge in [-0.25, -0.2) is 4.79 Å². The number of hydrogen-bond acceptors (Lipinski definition) is 6. The molecule has 2 atom stereocenters. The molecule has 6 nitrogen and oxygen atoms in total. The van der Waals surface area contributed by atoms with Crippen LogP contribution in [0, 0.1) is 0 Å². The van der Waals surface area contributed by atoms with E-state index in [0.29, 0.717) is 0 Å². The molecule has 76 valence electrons. The zero-order chi connectivity index (χ0) is 9.30. The first-order valence-electron chi connectivity index (χ1n) is 3.20. The molecule has 4 N–H and O–H groups in total. The molecule has 0 radical (unpaired) electrons. The molecule has 0 aromatic heterocycles. The number of carbonyl (C=O) groups is 1. The number of ether oxygens (including phenoxy) is 1. The molecule has 1 rings (SSSR count). The van der Waals surface area contributed by atoms with Crippen molar-refractivity contribution in [3.05, 3.63) is 11.5 Å². The van der Waals surface area contributed by atoms with Crippen LogP contribution in [0.3, 0.4) is 0 Å². The van der Waals surface area contributed by atoms with E-state index in [9.17, 15) is 4.79 Å². The van der Waals surface area contributed by atoms with Crippen molar-refractivity contribution >= 4 is 81.4 Å². The van der Waals surface area contributed by atoms with E-state index in [1.165, 1.54) is 0 Å². The predicted molar refractivity (Wildman–Crippen MR) is 52.3 cm³/mol. The summed E-state index contributed by atoms with van der Waals surface area (Å²) >= 11 is 0. The van der Waals surface area contributed by atoms with Crippen LogP contribution in [-0.2, 0) is 9.53 Å². The molecule has 0 fully saturated rings. The van der Waals surface area contributed by atoms with Gasteiger partial charge < -0.3 is 25.2 Å². The number of cyclic esters (lactones) is 1. The predicted octanol–water partition coefficient (Wildman–Crippen LogP) is -3.24. The van der Waals surface area contributed by atoms with Crippen molar-refractivity contribution in [2.24, 2.45) is 0 Å². The standard InChI is InChI=1S/C6H8O6.2Ca.4H/c7-1-2(8)5-3(9)4(10)6(11)12-5;;;;;;/h2,5,7-10H,1H2;;;;;;/t2?,5-;;;;;;/m1....../s1. The normalized spacial score (nSPS) is 22.1. The fourth-order valence-corrected chi connectivity index (χ4v) is 0.823. The van der Waals surface area contributed by atoms with Crippen LogP contribution in [0.2, 0.25) is 0 Å². The SMILES string of the molecule is O=C1O[C@H](C(O)CO)C(O)=C1O.[CaH2].[CaH2]. The maximum absolute atomic E-state index is 10.5. The Kier molecular flexibility index (Phi) is 9.46. The third-order valence-electron chi connectivity index (χ3n) is 1.48. The average molecular weight is 260 g/mol. The van der Waals surface area contributed by atoms with Gasteiger partial charge in [-0.05, 0) is 0 Å². The zero-order valence-electron chi connectivity index (χ0n) is 5.97. The van der Waals surface area contributed by atoms with Gasteiger partial charge in [0.15, 0.2) is 11.9 Å². The van der Waals surface area contributed by atoms with E-state index in [2.05, 4.69) is 4.74 Å². The molecule has 0 saturated carbocycles. The topological polar surface area (TPSA) is 107 Å². The molecule has 0 amide bonds. The van der Waals surface area contributed by atoms with Gasteiger partial charge in [-0.3, -0.25) is 0 Å². The third kappa shape index (κ3) is 3.68. The molecule has 0 aromatic rings. The summed E-state index contributed by atoms with van der Waals surface area (Å²) in [5.41, 5.74) is 0. The molecule has 0 aliphatic carbocycles. The van der Waals surface area contributed by atoms with Gasteiger partial charge in [0.2, 0.25) is 5.76 Å². The van der Waals surface area contributed by atoms with Crippen molar-refractivity contribution in [1.29, 1.82) is 0 Å². The summed E-state index contributed by atoms with van der Waals surface area (Å²) in [4.78, 5) is 10.5. The monoisotopic (exact) mass is 260 g/mol. The molecular weight excluding hydrogens is 248 g/mol. The fourth-order valence-electron chi connectivity index (χ4n) is 0.823. The number of esters is 1. The van der Waals surface area contributed by atoms with Crippen molar-refractivity contribution in [3.8, 4) is 0 Å². The Morgan fingerprint density at radius 1 is 1.36 bits per heavy atom. The fraction of sp³-hybridized carbons (Fsp3) is 0.500. The molecule has 1 heterocycles. The van der Waals surface area contributed by atoms with Crippen LogP contribution in [0.15, 0.2) is 11.5 Å². The van der Waals surface area contributed by atoms with E-state index >= 15 is 0 Å². The summed E-state index contributed by atoms with van der Waals surface area (Å²) in [5.74, 6) is -2.78. The van der Waals surface area contributed by atoms with Crippen molar-refractivity contribution in [2.75, 3.05) is 6.61 Å². The molecule has 0 aromatic carbocycles. The number of rotatable bonds is 2. The maximum atomic E-state index is 10.5. The van der Waals surface area contributed by atoms with Gasteiger partial charge in [-0.1, -0.05) is 0 Å². The van der Waals surface area contributed by atoms with Gasteiger partial charge in [0, 0.05) is 0 Å². The van der Waals surface area contributed by atoms with Gasteiger partial charge in [0.25, 0.3) is 0 Å². The molecule has 0 spiro atoms. The summed E-state index contributed by atoms with van der Waals surface area (Å²) in [7, 11) is 0. The minimum absolute atomic E-state index is 0. The number of aliphatic hydroxyl groups is 4. The summed E-state index contributed by atoms with van der Waals surface area (Å²) < 4.78 is 4.32. The second-order valence-electron chi connectivity index (χ2n) is 2.31. The summed E-state index contributed by atoms with van der Waals surface area (Å²) in [5, 5.41) is 35.0. The Morgan fingerprint density at radius 3 is 2.14 bits per heavy atom. The van der Waals surface area contributed by atoms with E-state index in [1.807, 2.05) is 0 Å². The quantitative estimate of drug-likeness (QED) is 0.307. The van der Waals surface area contributed by atoms with Gasteiger partial charge in [-0.2, -0.15) is 0 Å². The molecular formula is C6H12Ca2O6. The first kappa shape index (κ1) is 17.6. The van der Waals surface area contributed by atoms with E-state index in [1.54, 1.807) is 0 Å². The van der Waals surface area contributed by atoms with Crippen LogP contribution in [0.1, 0.15) is 0 Å². The first-order chi connectivity index (χ1) is 5.57. The Morgan fingerprint density at radius 2 is 1.86 bits per heavy atom. The van der Waals surface area contributed by atoms with E-state index in [-0.39, 0.29) is 75.5 Å². The Bertz CT molecular complexity index is 240. The van der Waals surface area contributed by atoms with Gasteiger partial charge >= 0.3 is 81.4 Å². The number of hydrogen-bond donors (Lipinski definition) is 4. The molecule has 0 bridgehead atoms. The van der Waals surface area contributed by atoms with Crippen molar-refractivity contribution < 1.29 is 30.0 Å². The second kappa shape index (κ2) is 7.51. The van der Waals surface area contributed by atoms with Gasteiger partial charge in [0.05, 0.1) is 6.61 Å². The first-order valence-corrected chi connectivity index (χ1v) is 3.20. The van der Waals surface area contributed by atoms with E-state index < -0.39 is 36.3 Å². The van der Waals surface area contributed by atoms with Crippen LogP contribution in [0.4, 0.5) is 0 Å². The minimum atomic E-state index is -1.42. The zero-order valence-corrected chi connectivity index (χ0v) is 5.97. The molecule has 1 aliphatic rings. The van der Waals surface area contributed by atoms with Crippen LogP contribution in [0.5, 0.6) is 0 Å². The Balaban J connectivity index is 0. The van der Waals surface area contributed by atoms with Crippen LogP contribution >= 0.6 is 0 Å². The van der Waals surface area contributed by atoms with Gasteiger partial charge in [-0.15, -0.1) is 0 Å². The number of carbonyl (C=O) groups excluding carboxylic acids is 1. The third-order valence-corrected chi connectivity index (χ3v) is 1.48. The summed E-state index contributed by atoms with van der Waals surface area (Å²) in [6, 6.07) is 0. The molecule has 14 heavy (non-hydrogen) atoms. The molecule has 1 aliphatic heterocycles. The summed E-state index contributed by atoms with van der Waals surface area (Å²) in [6.45, 7) is -0.671. The molecule has 8 heteroatoms. The average Bonchev–Trinajstić information content (AvgIpc) is 2.32.